The third-order valence-electron chi connectivity index (χ3n) is 2.29. The van der Waals surface area contributed by atoms with Crippen LogP contribution >= 0.6 is 11.3 Å². The first kappa shape index (κ1) is 12.2. The SMILES string of the molecule is Cc1nc(Cc2noc([C@@H](N)[C@@H](C)O)n2)cs1. The summed E-state index contributed by atoms with van der Waals surface area (Å²) in [5.41, 5.74) is 6.60. The lowest BCUT2D eigenvalue weighted by Crippen LogP contribution is -2.23. The predicted molar refractivity (Wildman–Crippen MR) is 62.6 cm³/mol. The molecular formula is C10H14N4O2S. The standard InChI is InChI=1S/C10H14N4O2S/c1-5(15)9(11)10-13-8(14-16-10)3-7-4-17-6(2)12-7/h4-5,9,15H,3,11H2,1-2H3/t5-,9+/m1/s1. The molecule has 6 nitrogen and oxygen atoms in total. The first-order valence-electron chi connectivity index (χ1n) is 5.23. The topological polar surface area (TPSA) is 98.1 Å². The van der Waals surface area contributed by atoms with Gasteiger partial charge in [-0.25, -0.2) is 4.98 Å². The molecule has 0 unspecified atom stereocenters. The molecule has 0 fully saturated rings. The number of rotatable bonds is 4. The Balaban J connectivity index is 2.08. The van der Waals surface area contributed by atoms with Crippen molar-refractivity contribution in [1.82, 2.24) is 15.1 Å². The lowest BCUT2D eigenvalue weighted by Gasteiger charge is -2.08. The van der Waals surface area contributed by atoms with Gasteiger partial charge in [0.1, 0.15) is 6.04 Å². The minimum absolute atomic E-state index is 0.252. The van der Waals surface area contributed by atoms with Crippen molar-refractivity contribution in [2.24, 2.45) is 5.73 Å². The van der Waals surface area contributed by atoms with Crippen LogP contribution in [0.1, 0.15) is 35.4 Å². The van der Waals surface area contributed by atoms with E-state index in [0.29, 0.717) is 12.2 Å². The second kappa shape index (κ2) is 4.91. The van der Waals surface area contributed by atoms with E-state index in [4.69, 9.17) is 10.3 Å². The highest BCUT2D eigenvalue weighted by Gasteiger charge is 2.19. The molecule has 2 aromatic heterocycles. The minimum Gasteiger partial charge on any atom is -0.391 e. The average molecular weight is 254 g/mol. The van der Waals surface area contributed by atoms with Gasteiger partial charge < -0.3 is 15.4 Å². The Morgan fingerprint density at radius 1 is 1.53 bits per heavy atom. The smallest absolute Gasteiger partial charge is 0.246 e. The van der Waals surface area contributed by atoms with Gasteiger partial charge >= 0.3 is 0 Å². The van der Waals surface area contributed by atoms with Crippen molar-refractivity contribution in [2.45, 2.75) is 32.4 Å². The summed E-state index contributed by atoms with van der Waals surface area (Å²) >= 11 is 1.58. The molecule has 0 aromatic carbocycles. The summed E-state index contributed by atoms with van der Waals surface area (Å²) in [4.78, 5) is 8.45. The number of aliphatic hydroxyl groups is 1. The minimum atomic E-state index is -0.718. The summed E-state index contributed by atoms with van der Waals surface area (Å²) in [6.45, 7) is 3.53. The fraction of sp³-hybridized carbons (Fsp3) is 0.500. The number of hydrogen-bond donors (Lipinski definition) is 2. The van der Waals surface area contributed by atoms with E-state index in [2.05, 4.69) is 15.1 Å². The molecule has 0 saturated heterocycles. The van der Waals surface area contributed by atoms with E-state index in [1.54, 1.807) is 18.3 Å². The van der Waals surface area contributed by atoms with Crippen molar-refractivity contribution in [3.05, 3.63) is 27.8 Å². The van der Waals surface area contributed by atoms with Gasteiger partial charge in [-0.05, 0) is 13.8 Å². The molecule has 0 aliphatic carbocycles. The number of thiazole rings is 1. The Hall–Kier alpha value is -1.31. The molecule has 3 N–H and O–H groups in total. The largest absolute Gasteiger partial charge is 0.391 e. The zero-order valence-corrected chi connectivity index (χ0v) is 10.4. The highest BCUT2D eigenvalue weighted by atomic mass is 32.1. The van der Waals surface area contributed by atoms with Gasteiger partial charge in [0.15, 0.2) is 5.82 Å². The maximum absolute atomic E-state index is 9.31. The third kappa shape index (κ3) is 2.87. The summed E-state index contributed by atoms with van der Waals surface area (Å²) < 4.78 is 5.00. The van der Waals surface area contributed by atoms with Gasteiger partial charge in [0.25, 0.3) is 0 Å². The van der Waals surface area contributed by atoms with Crippen LogP contribution in [0.5, 0.6) is 0 Å². The maximum Gasteiger partial charge on any atom is 0.246 e. The van der Waals surface area contributed by atoms with Gasteiger partial charge in [-0.1, -0.05) is 5.16 Å². The van der Waals surface area contributed by atoms with E-state index in [-0.39, 0.29) is 5.89 Å². The zero-order valence-electron chi connectivity index (χ0n) is 9.62. The fourth-order valence-corrected chi connectivity index (χ4v) is 1.95. The molecule has 2 heterocycles. The number of aryl methyl sites for hydroxylation is 1. The van der Waals surface area contributed by atoms with E-state index >= 15 is 0 Å². The second-order valence-electron chi connectivity index (χ2n) is 3.85. The van der Waals surface area contributed by atoms with Crippen LogP contribution in [0.15, 0.2) is 9.90 Å². The van der Waals surface area contributed by atoms with Crippen LogP contribution in [-0.2, 0) is 6.42 Å². The normalized spacial score (nSPS) is 14.8. The monoisotopic (exact) mass is 254 g/mol. The van der Waals surface area contributed by atoms with Crippen molar-refractivity contribution >= 4 is 11.3 Å². The molecule has 17 heavy (non-hydrogen) atoms. The number of aliphatic hydroxyl groups excluding tert-OH is 1. The van der Waals surface area contributed by atoms with E-state index in [1.165, 1.54) is 0 Å². The highest BCUT2D eigenvalue weighted by molar-refractivity contribution is 7.09. The molecule has 0 saturated carbocycles. The molecular weight excluding hydrogens is 240 g/mol. The predicted octanol–water partition coefficient (Wildman–Crippen LogP) is 0.806. The van der Waals surface area contributed by atoms with Crippen LogP contribution in [0.4, 0.5) is 0 Å². The van der Waals surface area contributed by atoms with Crippen LogP contribution in [0.25, 0.3) is 0 Å². The van der Waals surface area contributed by atoms with Crippen LogP contribution < -0.4 is 5.73 Å². The summed E-state index contributed by atoms with van der Waals surface area (Å²) in [5.74, 6) is 0.781. The van der Waals surface area contributed by atoms with Gasteiger partial charge in [-0.2, -0.15) is 4.98 Å². The summed E-state index contributed by atoms with van der Waals surface area (Å²) in [6.07, 6.45) is -0.204. The van der Waals surface area contributed by atoms with Crippen molar-refractivity contribution in [3.63, 3.8) is 0 Å². The fourth-order valence-electron chi connectivity index (χ4n) is 1.33. The molecule has 7 heteroatoms. The lowest BCUT2D eigenvalue weighted by atomic mass is 10.2. The molecule has 92 valence electrons. The molecule has 0 spiro atoms. The third-order valence-corrected chi connectivity index (χ3v) is 3.12. The first-order chi connectivity index (χ1) is 8.06. The Kier molecular flexibility index (Phi) is 3.51. The van der Waals surface area contributed by atoms with Crippen molar-refractivity contribution in [1.29, 1.82) is 0 Å². The number of hydrogen-bond acceptors (Lipinski definition) is 7. The molecule has 0 bridgehead atoms. The van der Waals surface area contributed by atoms with E-state index in [9.17, 15) is 5.11 Å². The van der Waals surface area contributed by atoms with Crippen LogP contribution in [-0.4, -0.2) is 26.3 Å². The number of nitrogens with two attached hydrogens (primary N) is 1. The molecule has 2 atom stereocenters. The second-order valence-corrected chi connectivity index (χ2v) is 4.91. The Morgan fingerprint density at radius 3 is 2.88 bits per heavy atom. The molecule has 2 rings (SSSR count). The molecule has 0 aliphatic rings. The van der Waals surface area contributed by atoms with E-state index in [0.717, 1.165) is 10.7 Å². The summed E-state index contributed by atoms with van der Waals surface area (Å²) in [6, 6.07) is -0.645. The van der Waals surface area contributed by atoms with Crippen molar-refractivity contribution in [2.75, 3.05) is 0 Å². The van der Waals surface area contributed by atoms with Crippen LogP contribution in [0, 0.1) is 6.92 Å². The van der Waals surface area contributed by atoms with Gasteiger partial charge in [-0.15, -0.1) is 11.3 Å². The molecule has 2 aromatic rings. The average Bonchev–Trinajstić information content (AvgIpc) is 2.87. The van der Waals surface area contributed by atoms with Crippen LogP contribution in [0.2, 0.25) is 0 Å². The molecule has 0 radical (unpaired) electrons. The first-order valence-corrected chi connectivity index (χ1v) is 6.11. The quantitative estimate of drug-likeness (QED) is 0.837. The maximum atomic E-state index is 9.31. The van der Waals surface area contributed by atoms with E-state index < -0.39 is 12.1 Å². The molecule has 0 aliphatic heterocycles. The van der Waals surface area contributed by atoms with Gasteiger partial charge in [0.05, 0.1) is 23.2 Å². The van der Waals surface area contributed by atoms with Crippen molar-refractivity contribution in [3.8, 4) is 0 Å². The van der Waals surface area contributed by atoms with E-state index in [1.807, 2.05) is 12.3 Å². The van der Waals surface area contributed by atoms with Gasteiger partial charge in [0.2, 0.25) is 5.89 Å². The van der Waals surface area contributed by atoms with Gasteiger partial charge in [-0.3, -0.25) is 0 Å². The summed E-state index contributed by atoms with van der Waals surface area (Å²) in [7, 11) is 0. The number of nitrogens with zero attached hydrogens (tertiary/aromatic N) is 3. The highest BCUT2D eigenvalue weighted by Crippen LogP contribution is 2.15. The Labute approximate surface area is 102 Å². The lowest BCUT2D eigenvalue weighted by molar-refractivity contribution is 0.146. The Morgan fingerprint density at radius 2 is 2.29 bits per heavy atom. The Bertz CT molecular complexity index is 494. The number of aromatic nitrogens is 3. The zero-order chi connectivity index (χ0) is 12.4. The van der Waals surface area contributed by atoms with Crippen molar-refractivity contribution < 1.29 is 9.63 Å². The van der Waals surface area contributed by atoms with Crippen LogP contribution in [0.3, 0.4) is 0 Å². The molecule has 0 amide bonds. The van der Waals surface area contributed by atoms with Gasteiger partial charge in [0, 0.05) is 5.38 Å². The summed E-state index contributed by atoms with van der Waals surface area (Å²) in [5, 5.41) is 16.1.